The first-order valence-corrected chi connectivity index (χ1v) is 7.27. The lowest BCUT2D eigenvalue weighted by atomic mass is 10.2. The standard InChI is InChI=1S/C15H15BrFN3O/c1-3-18-14-12(6-10(16)8-19-14)15(21)20-11-5-4-9(2)13(17)7-11/h4-8H,3H2,1-2H3,(H,18,19)(H,20,21). The lowest BCUT2D eigenvalue weighted by molar-refractivity contribution is 0.102. The van der Waals surface area contributed by atoms with Gasteiger partial charge in [0.05, 0.1) is 5.56 Å². The number of rotatable bonds is 4. The van der Waals surface area contributed by atoms with Gasteiger partial charge < -0.3 is 10.6 Å². The molecule has 0 atom stereocenters. The molecule has 6 heteroatoms. The molecular weight excluding hydrogens is 337 g/mol. The first kappa shape index (κ1) is 15.4. The van der Waals surface area contributed by atoms with E-state index in [-0.39, 0.29) is 11.7 Å². The van der Waals surface area contributed by atoms with Gasteiger partial charge in [-0.1, -0.05) is 6.07 Å². The van der Waals surface area contributed by atoms with Crippen LogP contribution >= 0.6 is 15.9 Å². The average Bonchev–Trinajstić information content (AvgIpc) is 2.45. The first-order chi connectivity index (χ1) is 10.0. The van der Waals surface area contributed by atoms with Crippen LogP contribution in [0.15, 0.2) is 34.9 Å². The minimum absolute atomic E-state index is 0.344. The van der Waals surface area contributed by atoms with Gasteiger partial charge in [-0.2, -0.15) is 0 Å². The third-order valence-electron chi connectivity index (χ3n) is 2.87. The third-order valence-corrected chi connectivity index (χ3v) is 3.31. The van der Waals surface area contributed by atoms with Gasteiger partial charge in [0.1, 0.15) is 11.6 Å². The van der Waals surface area contributed by atoms with Crippen molar-refractivity contribution >= 4 is 33.3 Å². The fraction of sp³-hybridized carbons (Fsp3) is 0.200. The molecule has 0 saturated carbocycles. The molecule has 0 aliphatic rings. The van der Waals surface area contributed by atoms with Gasteiger partial charge >= 0.3 is 0 Å². The highest BCUT2D eigenvalue weighted by molar-refractivity contribution is 9.10. The maximum atomic E-state index is 13.5. The summed E-state index contributed by atoms with van der Waals surface area (Å²) in [5.41, 5.74) is 1.34. The second kappa shape index (κ2) is 6.67. The van der Waals surface area contributed by atoms with Gasteiger partial charge in [-0.05, 0) is 53.5 Å². The molecular formula is C15H15BrFN3O. The first-order valence-electron chi connectivity index (χ1n) is 6.48. The molecule has 0 unspecified atom stereocenters. The van der Waals surface area contributed by atoms with Crippen LogP contribution in [0.1, 0.15) is 22.8 Å². The lowest BCUT2D eigenvalue weighted by Gasteiger charge is -2.11. The zero-order valence-electron chi connectivity index (χ0n) is 11.7. The molecule has 2 N–H and O–H groups in total. The summed E-state index contributed by atoms with van der Waals surface area (Å²) in [4.78, 5) is 16.5. The Hall–Kier alpha value is -1.95. The zero-order chi connectivity index (χ0) is 15.4. The van der Waals surface area contributed by atoms with Gasteiger partial charge in [0.2, 0.25) is 0 Å². The van der Waals surface area contributed by atoms with Crippen LogP contribution in [0.2, 0.25) is 0 Å². The summed E-state index contributed by atoms with van der Waals surface area (Å²) in [6.45, 7) is 4.23. The number of carbonyl (C=O) groups excluding carboxylic acids is 1. The van der Waals surface area contributed by atoms with E-state index in [0.717, 1.165) is 0 Å². The normalized spacial score (nSPS) is 10.3. The second-order valence-electron chi connectivity index (χ2n) is 4.50. The van der Waals surface area contributed by atoms with Crippen LogP contribution in [0.4, 0.5) is 15.9 Å². The van der Waals surface area contributed by atoms with Crippen molar-refractivity contribution in [1.29, 1.82) is 0 Å². The molecule has 21 heavy (non-hydrogen) atoms. The smallest absolute Gasteiger partial charge is 0.259 e. The molecule has 2 rings (SSSR count). The van der Waals surface area contributed by atoms with E-state index < -0.39 is 0 Å². The van der Waals surface area contributed by atoms with Gasteiger partial charge in [0, 0.05) is 22.9 Å². The van der Waals surface area contributed by atoms with Crippen LogP contribution in [0.25, 0.3) is 0 Å². The van der Waals surface area contributed by atoms with Crippen molar-refractivity contribution in [3.05, 3.63) is 51.9 Å². The Morgan fingerprint density at radius 3 is 2.81 bits per heavy atom. The molecule has 0 bridgehead atoms. The summed E-state index contributed by atoms with van der Waals surface area (Å²) < 4.78 is 14.2. The number of carbonyl (C=O) groups is 1. The summed E-state index contributed by atoms with van der Waals surface area (Å²) in [7, 11) is 0. The highest BCUT2D eigenvalue weighted by atomic mass is 79.9. The van der Waals surface area contributed by atoms with Crippen molar-refractivity contribution < 1.29 is 9.18 Å². The number of aryl methyl sites for hydroxylation is 1. The van der Waals surface area contributed by atoms with Gasteiger partial charge in [0.25, 0.3) is 5.91 Å². The van der Waals surface area contributed by atoms with Crippen molar-refractivity contribution in [1.82, 2.24) is 4.98 Å². The Morgan fingerprint density at radius 2 is 2.14 bits per heavy atom. The van der Waals surface area contributed by atoms with Gasteiger partial charge in [0.15, 0.2) is 0 Å². The lowest BCUT2D eigenvalue weighted by Crippen LogP contribution is -2.16. The molecule has 0 saturated heterocycles. The zero-order valence-corrected chi connectivity index (χ0v) is 13.3. The molecule has 0 fully saturated rings. The van der Waals surface area contributed by atoms with Crippen molar-refractivity contribution in [3.63, 3.8) is 0 Å². The van der Waals surface area contributed by atoms with Crippen LogP contribution in [-0.4, -0.2) is 17.4 Å². The summed E-state index contributed by atoms with van der Waals surface area (Å²) in [6.07, 6.45) is 1.61. The van der Waals surface area contributed by atoms with Crippen molar-refractivity contribution in [3.8, 4) is 0 Å². The topological polar surface area (TPSA) is 54.0 Å². The highest BCUT2D eigenvalue weighted by Gasteiger charge is 2.14. The van der Waals surface area contributed by atoms with E-state index in [1.165, 1.54) is 6.07 Å². The van der Waals surface area contributed by atoms with Gasteiger partial charge in [-0.15, -0.1) is 0 Å². The number of nitrogens with zero attached hydrogens (tertiary/aromatic N) is 1. The molecule has 1 aromatic carbocycles. The average molecular weight is 352 g/mol. The monoisotopic (exact) mass is 351 g/mol. The number of hydrogen-bond acceptors (Lipinski definition) is 3. The van der Waals surface area contributed by atoms with Crippen molar-refractivity contribution in [2.24, 2.45) is 0 Å². The molecule has 0 radical (unpaired) electrons. The molecule has 0 aliphatic carbocycles. The second-order valence-corrected chi connectivity index (χ2v) is 5.41. The number of nitrogens with one attached hydrogen (secondary N) is 2. The van der Waals surface area contributed by atoms with Crippen LogP contribution in [0, 0.1) is 12.7 Å². The number of halogens is 2. The number of anilines is 2. The molecule has 4 nitrogen and oxygen atoms in total. The van der Waals surface area contributed by atoms with E-state index in [0.29, 0.717) is 33.6 Å². The molecule has 1 aromatic heterocycles. The minimum atomic E-state index is -0.355. The molecule has 110 valence electrons. The number of hydrogen-bond donors (Lipinski definition) is 2. The SMILES string of the molecule is CCNc1ncc(Br)cc1C(=O)Nc1ccc(C)c(F)c1. The Balaban J connectivity index is 2.27. The third kappa shape index (κ3) is 3.78. The molecule has 1 amide bonds. The highest BCUT2D eigenvalue weighted by Crippen LogP contribution is 2.20. The van der Waals surface area contributed by atoms with Crippen LogP contribution in [0.5, 0.6) is 0 Å². The van der Waals surface area contributed by atoms with E-state index in [1.54, 1.807) is 31.3 Å². The Morgan fingerprint density at radius 1 is 1.38 bits per heavy atom. The van der Waals surface area contributed by atoms with Crippen molar-refractivity contribution in [2.45, 2.75) is 13.8 Å². The van der Waals surface area contributed by atoms with Crippen LogP contribution in [-0.2, 0) is 0 Å². The Kier molecular flexibility index (Phi) is 4.90. The fourth-order valence-electron chi connectivity index (χ4n) is 1.79. The number of amides is 1. The Bertz CT molecular complexity index is 676. The summed E-state index contributed by atoms with van der Waals surface area (Å²) in [5.74, 6) is -0.208. The number of pyridine rings is 1. The van der Waals surface area contributed by atoms with Crippen LogP contribution < -0.4 is 10.6 Å². The summed E-state index contributed by atoms with van der Waals surface area (Å²) >= 11 is 3.29. The molecule has 0 aliphatic heterocycles. The predicted octanol–water partition coefficient (Wildman–Crippen LogP) is 3.98. The number of benzene rings is 1. The maximum Gasteiger partial charge on any atom is 0.259 e. The fourth-order valence-corrected chi connectivity index (χ4v) is 2.12. The summed E-state index contributed by atoms with van der Waals surface area (Å²) in [6, 6.07) is 6.25. The number of aromatic nitrogens is 1. The molecule has 2 aromatic rings. The van der Waals surface area contributed by atoms with E-state index in [1.807, 2.05) is 6.92 Å². The van der Waals surface area contributed by atoms with Gasteiger partial charge in [-0.25, -0.2) is 9.37 Å². The van der Waals surface area contributed by atoms with E-state index in [4.69, 9.17) is 0 Å². The van der Waals surface area contributed by atoms with E-state index in [9.17, 15) is 9.18 Å². The summed E-state index contributed by atoms with van der Waals surface area (Å²) in [5, 5.41) is 5.70. The van der Waals surface area contributed by atoms with E-state index >= 15 is 0 Å². The predicted molar refractivity (Wildman–Crippen MR) is 85.2 cm³/mol. The van der Waals surface area contributed by atoms with E-state index in [2.05, 4.69) is 31.5 Å². The largest absolute Gasteiger partial charge is 0.370 e. The van der Waals surface area contributed by atoms with Crippen molar-refractivity contribution in [2.75, 3.05) is 17.2 Å². The quantitative estimate of drug-likeness (QED) is 0.875. The van der Waals surface area contributed by atoms with Gasteiger partial charge in [-0.3, -0.25) is 4.79 Å². The molecule has 1 heterocycles. The minimum Gasteiger partial charge on any atom is -0.370 e. The Labute approximate surface area is 130 Å². The molecule has 0 spiro atoms. The van der Waals surface area contributed by atoms with Crippen LogP contribution in [0.3, 0.4) is 0 Å². The maximum absolute atomic E-state index is 13.5.